The van der Waals surface area contributed by atoms with Crippen molar-refractivity contribution in [1.29, 1.82) is 0 Å². The third-order valence-corrected chi connectivity index (χ3v) is 4.36. The molecule has 1 aromatic heterocycles. The molecule has 1 saturated heterocycles. The third-order valence-electron chi connectivity index (χ3n) is 4.36. The smallest absolute Gasteiger partial charge is 0.248 e. The maximum atomic E-state index is 12.3. The molecule has 6 nitrogen and oxygen atoms in total. The van der Waals surface area contributed by atoms with Gasteiger partial charge in [-0.25, -0.2) is 4.98 Å². The summed E-state index contributed by atoms with van der Waals surface area (Å²) in [5.74, 6) is 0.795. The lowest BCUT2D eigenvalue weighted by Crippen LogP contribution is -2.39. The number of carbonyl (C=O) groups is 2. The van der Waals surface area contributed by atoms with Gasteiger partial charge < -0.3 is 15.0 Å². The number of anilines is 1. The van der Waals surface area contributed by atoms with Crippen molar-refractivity contribution in [1.82, 2.24) is 9.88 Å². The highest BCUT2D eigenvalue weighted by atomic mass is 16.5. The Bertz CT molecular complexity index is 764. The predicted octanol–water partition coefficient (Wildman–Crippen LogP) is 2.78. The topological polar surface area (TPSA) is 71.5 Å². The lowest BCUT2D eigenvalue weighted by atomic mass is 10.1. The molecular weight excluding hydrogens is 318 g/mol. The van der Waals surface area contributed by atoms with E-state index in [1.807, 2.05) is 37.3 Å². The van der Waals surface area contributed by atoms with E-state index in [0.717, 1.165) is 5.56 Å². The molecule has 0 saturated carbocycles. The fourth-order valence-electron chi connectivity index (χ4n) is 2.87. The van der Waals surface area contributed by atoms with E-state index in [-0.39, 0.29) is 17.9 Å². The minimum Gasteiger partial charge on any atom is -0.486 e. The summed E-state index contributed by atoms with van der Waals surface area (Å²) in [4.78, 5) is 29.5. The Morgan fingerprint density at radius 3 is 2.76 bits per heavy atom. The van der Waals surface area contributed by atoms with Crippen LogP contribution in [0.25, 0.3) is 0 Å². The first kappa shape index (κ1) is 17.0. The van der Waals surface area contributed by atoms with Gasteiger partial charge in [0.1, 0.15) is 23.7 Å². The van der Waals surface area contributed by atoms with E-state index < -0.39 is 6.04 Å². The van der Waals surface area contributed by atoms with Crippen LogP contribution < -0.4 is 10.1 Å². The average Bonchev–Trinajstić information content (AvgIpc) is 2.95. The number of rotatable bonds is 5. The lowest BCUT2D eigenvalue weighted by molar-refractivity contribution is -0.131. The van der Waals surface area contributed by atoms with Gasteiger partial charge in [0.05, 0.1) is 0 Å². The molecule has 2 atom stereocenters. The zero-order valence-corrected chi connectivity index (χ0v) is 14.3. The number of hydrogen-bond donors (Lipinski definition) is 1. The molecule has 6 heteroatoms. The zero-order valence-electron chi connectivity index (χ0n) is 14.3. The molecule has 2 heterocycles. The van der Waals surface area contributed by atoms with E-state index in [2.05, 4.69) is 10.3 Å². The molecule has 25 heavy (non-hydrogen) atoms. The zero-order chi connectivity index (χ0) is 17.8. The number of ether oxygens (including phenoxy) is 1. The highest BCUT2D eigenvalue weighted by Gasteiger charge is 2.33. The largest absolute Gasteiger partial charge is 0.486 e. The van der Waals surface area contributed by atoms with Gasteiger partial charge in [0.2, 0.25) is 11.8 Å². The van der Waals surface area contributed by atoms with Crippen molar-refractivity contribution in [3.8, 4) is 5.75 Å². The van der Waals surface area contributed by atoms with Crippen LogP contribution >= 0.6 is 0 Å². The summed E-state index contributed by atoms with van der Waals surface area (Å²) in [5, 5.41) is 2.76. The standard InChI is InChI=1S/C19H21N3O3/c1-13(14-6-4-3-5-7-14)25-15-10-11-20-17(12-15)21-19(24)16-8-9-18(23)22(16)2/h3-7,10-13,16H,8-9H2,1-2H3,(H,20,21,24)/t13?,16-/m1/s1. The summed E-state index contributed by atoms with van der Waals surface area (Å²) in [5.41, 5.74) is 1.07. The van der Waals surface area contributed by atoms with Crippen molar-refractivity contribution >= 4 is 17.6 Å². The van der Waals surface area contributed by atoms with Crippen molar-refractivity contribution < 1.29 is 14.3 Å². The monoisotopic (exact) mass is 339 g/mol. The van der Waals surface area contributed by atoms with E-state index in [1.54, 1.807) is 25.4 Å². The van der Waals surface area contributed by atoms with E-state index in [4.69, 9.17) is 4.74 Å². The summed E-state index contributed by atoms with van der Waals surface area (Å²) < 4.78 is 5.93. The number of amides is 2. The summed E-state index contributed by atoms with van der Waals surface area (Å²) in [6.45, 7) is 1.97. The molecule has 0 aliphatic carbocycles. The van der Waals surface area contributed by atoms with Crippen LogP contribution in [0.15, 0.2) is 48.7 Å². The average molecular weight is 339 g/mol. The fraction of sp³-hybridized carbons (Fsp3) is 0.316. The molecule has 1 aliphatic heterocycles. The van der Waals surface area contributed by atoms with Gasteiger partial charge in [-0.2, -0.15) is 0 Å². The van der Waals surface area contributed by atoms with Gasteiger partial charge in [-0.1, -0.05) is 30.3 Å². The number of likely N-dealkylation sites (tertiary alicyclic amines) is 1. The maximum absolute atomic E-state index is 12.3. The Morgan fingerprint density at radius 2 is 2.08 bits per heavy atom. The quantitative estimate of drug-likeness (QED) is 0.909. The van der Waals surface area contributed by atoms with E-state index >= 15 is 0 Å². The van der Waals surface area contributed by atoms with Crippen LogP contribution in [-0.2, 0) is 9.59 Å². The van der Waals surface area contributed by atoms with E-state index in [0.29, 0.717) is 24.4 Å². The van der Waals surface area contributed by atoms with Gasteiger partial charge in [0.25, 0.3) is 0 Å². The van der Waals surface area contributed by atoms with Crippen LogP contribution in [0.2, 0.25) is 0 Å². The van der Waals surface area contributed by atoms with E-state index in [9.17, 15) is 9.59 Å². The van der Waals surface area contributed by atoms with Crippen molar-refractivity contribution in [2.75, 3.05) is 12.4 Å². The molecule has 2 amide bonds. The van der Waals surface area contributed by atoms with Crippen molar-refractivity contribution in [3.05, 3.63) is 54.2 Å². The van der Waals surface area contributed by atoms with Gasteiger partial charge in [-0.3, -0.25) is 9.59 Å². The Kier molecular flexibility index (Phi) is 4.97. The van der Waals surface area contributed by atoms with Gasteiger partial charge in [0, 0.05) is 25.7 Å². The molecule has 0 bridgehead atoms. The third kappa shape index (κ3) is 3.96. The Labute approximate surface area is 146 Å². The number of nitrogens with zero attached hydrogens (tertiary/aromatic N) is 2. The fourth-order valence-corrected chi connectivity index (χ4v) is 2.87. The normalized spacial score (nSPS) is 18.1. The molecule has 3 rings (SSSR count). The first-order valence-corrected chi connectivity index (χ1v) is 8.29. The molecule has 0 spiro atoms. The van der Waals surface area contributed by atoms with Crippen molar-refractivity contribution in [2.45, 2.75) is 31.9 Å². The van der Waals surface area contributed by atoms with Crippen LogP contribution in [0.3, 0.4) is 0 Å². The molecule has 1 aromatic carbocycles. The number of nitrogens with one attached hydrogen (secondary N) is 1. The SMILES string of the molecule is CC(Oc1ccnc(NC(=O)[C@H]2CCC(=O)N2C)c1)c1ccccc1. The number of pyridine rings is 1. The van der Waals surface area contributed by atoms with E-state index in [1.165, 1.54) is 4.90 Å². The van der Waals surface area contributed by atoms with Crippen LogP contribution in [0.4, 0.5) is 5.82 Å². The van der Waals surface area contributed by atoms with Crippen molar-refractivity contribution in [3.63, 3.8) is 0 Å². The molecule has 1 unspecified atom stereocenters. The second-order valence-electron chi connectivity index (χ2n) is 6.10. The molecule has 130 valence electrons. The Morgan fingerprint density at radius 1 is 1.32 bits per heavy atom. The number of aromatic nitrogens is 1. The summed E-state index contributed by atoms with van der Waals surface area (Å²) in [7, 11) is 1.65. The molecule has 1 aliphatic rings. The molecule has 0 radical (unpaired) electrons. The minimum absolute atomic E-state index is 0.0121. The van der Waals surface area contributed by atoms with Gasteiger partial charge >= 0.3 is 0 Å². The number of benzene rings is 1. The van der Waals surface area contributed by atoms with Crippen molar-refractivity contribution in [2.24, 2.45) is 0 Å². The van der Waals surface area contributed by atoms with Gasteiger partial charge in [-0.15, -0.1) is 0 Å². The second kappa shape index (κ2) is 7.34. The molecule has 2 aromatic rings. The first-order chi connectivity index (χ1) is 12.0. The van der Waals surface area contributed by atoms with Crippen LogP contribution in [0.5, 0.6) is 5.75 Å². The number of hydrogen-bond acceptors (Lipinski definition) is 4. The Balaban J connectivity index is 1.65. The van der Waals surface area contributed by atoms with Crippen LogP contribution in [-0.4, -0.2) is 34.8 Å². The van der Waals surface area contributed by atoms with Crippen LogP contribution in [0, 0.1) is 0 Å². The maximum Gasteiger partial charge on any atom is 0.248 e. The first-order valence-electron chi connectivity index (χ1n) is 8.29. The van der Waals surface area contributed by atoms with Crippen LogP contribution in [0.1, 0.15) is 31.4 Å². The molecular formula is C19H21N3O3. The lowest BCUT2D eigenvalue weighted by Gasteiger charge is -2.19. The highest BCUT2D eigenvalue weighted by Crippen LogP contribution is 2.24. The summed E-state index contributed by atoms with van der Waals surface area (Å²) in [6, 6.07) is 12.9. The molecule has 1 fully saturated rings. The summed E-state index contributed by atoms with van der Waals surface area (Å²) >= 11 is 0. The highest BCUT2D eigenvalue weighted by molar-refractivity contribution is 5.98. The molecule has 1 N–H and O–H groups in total. The minimum atomic E-state index is -0.442. The van der Waals surface area contributed by atoms with Gasteiger partial charge in [0.15, 0.2) is 0 Å². The predicted molar refractivity (Wildman–Crippen MR) is 94.1 cm³/mol. The number of carbonyl (C=O) groups excluding carboxylic acids is 2. The Hall–Kier alpha value is -2.89. The second-order valence-corrected chi connectivity index (χ2v) is 6.10. The summed E-state index contributed by atoms with van der Waals surface area (Å²) in [6.07, 6.45) is 2.40. The number of likely N-dealkylation sites (N-methyl/N-ethyl adjacent to an activating group) is 1. The van der Waals surface area contributed by atoms with Gasteiger partial charge in [-0.05, 0) is 25.0 Å².